The molecule has 0 aromatic heterocycles. The fourth-order valence-corrected chi connectivity index (χ4v) is 1.48. The molecule has 0 radical (unpaired) electrons. The third-order valence-corrected chi connectivity index (χ3v) is 2.37. The molecule has 1 aliphatic rings. The highest BCUT2D eigenvalue weighted by molar-refractivity contribution is 5.91. The van der Waals surface area contributed by atoms with E-state index in [0.29, 0.717) is 5.57 Å². The minimum absolute atomic E-state index is 0.169. The molecule has 0 saturated heterocycles. The second-order valence-corrected chi connectivity index (χ2v) is 3.49. The third-order valence-electron chi connectivity index (χ3n) is 2.37. The van der Waals surface area contributed by atoms with E-state index in [2.05, 4.69) is 10.0 Å². The van der Waals surface area contributed by atoms with Crippen LogP contribution in [-0.2, 0) is 9.53 Å². The Morgan fingerprint density at radius 1 is 1.83 bits per heavy atom. The van der Waals surface area contributed by atoms with Gasteiger partial charge in [0.2, 0.25) is 0 Å². The number of carboxylic acids is 1. The molecule has 0 aromatic rings. The molecule has 1 aliphatic carbocycles. The average molecular weight is 246 g/mol. The van der Waals surface area contributed by atoms with E-state index in [9.17, 15) is 4.79 Å². The van der Waals surface area contributed by atoms with Crippen LogP contribution in [-0.4, -0.2) is 23.9 Å². The molecule has 0 bridgehead atoms. The molecule has 7 heteroatoms. The van der Waals surface area contributed by atoms with Gasteiger partial charge in [0.25, 0.3) is 0 Å². The molecule has 18 heavy (non-hydrogen) atoms. The largest absolute Gasteiger partial charge is 0.477 e. The smallest absolute Gasteiger partial charge is 0.346 e. The summed E-state index contributed by atoms with van der Waals surface area (Å²) in [7, 11) is 1.38. The van der Waals surface area contributed by atoms with Gasteiger partial charge in [0.1, 0.15) is 11.6 Å². The van der Waals surface area contributed by atoms with Crippen molar-refractivity contribution in [3.8, 4) is 6.07 Å². The zero-order chi connectivity index (χ0) is 13.6. The van der Waals surface area contributed by atoms with Crippen LogP contribution in [0.15, 0.2) is 40.6 Å². The quantitative estimate of drug-likeness (QED) is 0.268. The van der Waals surface area contributed by atoms with Gasteiger partial charge in [0.05, 0.1) is 0 Å². The van der Waals surface area contributed by atoms with Crippen molar-refractivity contribution in [3.05, 3.63) is 45.9 Å². The molecule has 92 valence electrons. The minimum atomic E-state index is -1.31. The van der Waals surface area contributed by atoms with Crippen LogP contribution < -0.4 is 0 Å². The predicted octanol–water partition coefficient (Wildman–Crippen LogP) is 2.06. The van der Waals surface area contributed by atoms with Gasteiger partial charge in [0.15, 0.2) is 5.72 Å². The van der Waals surface area contributed by atoms with Crippen molar-refractivity contribution in [3.63, 3.8) is 0 Å². The van der Waals surface area contributed by atoms with Crippen molar-refractivity contribution >= 4 is 5.97 Å². The SMILES string of the molecule is COC1(N=[N+]=[N-])C=CC=C(C=C(C#N)C(=O)O)C1. The average Bonchev–Trinajstić information content (AvgIpc) is 2.36. The zero-order valence-corrected chi connectivity index (χ0v) is 9.57. The summed E-state index contributed by atoms with van der Waals surface area (Å²) in [4.78, 5) is 13.4. The fraction of sp³-hybridized carbons (Fsp3) is 0.273. The molecule has 0 fully saturated rings. The number of allylic oxidation sites excluding steroid dienone is 3. The normalized spacial score (nSPS) is 22.7. The molecule has 7 nitrogen and oxygen atoms in total. The van der Waals surface area contributed by atoms with Crippen molar-refractivity contribution in [1.82, 2.24) is 0 Å². The summed E-state index contributed by atoms with van der Waals surface area (Å²) in [5.74, 6) is -1.31. The van der Waals surface area contributed by atoms with Crippen LogP contribution in [0.1, 0.15) is 6.42 Å². The maximum absolute atomic E-state index is 10.7. The third kappa shape index (κ3) is 2.98. The summed E-state index contributed by atoms with van der Waals surface area (Å²) >= 11 is 0. The summed E-state index contributed by atoms with van der Waals surface area (Å²) in [6.07, 6.45) is 6.18. The second kappa shape index (κ2) is 5.68. The number of nitrogens with zero attached hydrogens (tertiary/aromatic N) is 4. The zero-order valence-electron chi connectivity index (χ0n) is 9.57. The first-order valence-corrected chi connectivity index (χ1v) is 4.92. The molecule has 0 aliphatic heterocycles. The number of carbonyl (C=O) groups is 1. The highest BCUT2D eigenvalue weighted by atomic mass is 16.5. The first-order valence-electron chi connectivity index (χ1n) is 4.92. The van der Waals surface area contributed by atoms with Gasteiger partial charge in [-0.05, 0) is 23.3 Å². The number of ether oxygens (including phenoxy) is 1. The Balaban J connectivity index is 3.06. The number of azide groups is 1. The lowest BCUT2D eigenvalue weighted by molar-refractivity contribution is -0.132. The molecule has 0 spiro atoms. The molecule has 1 atom stereocenters. The van der Waals surface area contributed by atoms with Gasteiger partial charge in [-0.2, -0.15) is 5.26 Å². The lowest BCUT2D eigenvalue weighted by Crippen LogP contribution is -2.27. The molecule has 0 amide bonds. The molecule has 0 aromatic carbocycles. The number of rotatable bonds is 4. The number of hydrogen-bond donors (Lipinski definition) is 1. The Bertz CT molecular complexity index is 535. The van der Waals surface area contributed by atoms with Crippen LogP contribution in [0.3, 0.4) is 0 Å². The predicted molar refractivity (Wildman–Crippen MR) is 62.1 cm³/mol. The van der Waals surface area contributed by atoms with Gasteiger partial charge in [-0.25, -0.2) is 4.79 Å². The van der Waals surface area contributed by atoms with Crippen molar-refractivity contribution < 1.29 is 14.6 Å². The summed E-state index contributed by atoms with van der Waals surface area (Å²) < 4.78 is 5.12. The van der Waals surface area contributed by atoms with Crippen molar-refractivity contribution in [2.45, 2.75) is 12.1 Å². The Labute approximate surface area is 103 Å². The number of aliphatic carboxylic acids is 1. The minimum Gasteiger partial charge on any atom is -0.477 e. The molecular weight excluding hydrogens is 236 g/mol. The molecule has 0 saturated carbocycles. The highest BCUT2D eigenvalue weighted by Gasteiger charge is 2.28. The van der Waals surface area contributed by atoms with Gasteiger partial charge in [-0.1, -0.05) is 17.3 Å². The molecule has 1 unspecified atom stereocenters. The van der Waals surface area contributed by atoms with E-state index in [1.54, 1.807) is 24.3 Å². The van der Waals surface area contributed by atoms with Crippen LogP contribution in [0.5, 0.6) is 0 Å². The maximum Gasteiger partial charge on any atom is 0.346 e. The fourth-order valence-electron chi connectivity index (χ4n) is 1.48. The van der Waals surface area contributed by atoms with Crippen molar-refractivity contribution in [1.29, 1.82) is 5.26 Å². The van der Waals surface area contributed by atoms with Crippen LogP contribution in [0, 0.1) is 11.3 Å². The number of methoxy groups -OCH3 is 1. The van der Waals surface area contributed by atoms with Crippen LogP contribution in [0.25, 0.3) is 10.4 Å². The molecule has 1 rings (SSSR count). The van der Waals surface area contributed by atoms with Gasteiger partial charge in [-0.3, -0.25) is 0 Å². The van der Waals surface area contributed by atoms with Gasteiger partial charge < -0.3 is 9.84 Å². The Morgan fingerprint density at radius 2 is 2.56 bits per heavy atom. The van der Waals surface area contributed by atoms with Gasteiger partial charge in [0, 0.05) is 18.4 Å². The van der Waals surface area contributed by atoms with E-state index in [1.165, 1.54) is 13.2 Å². The van der Waals surface area contributed by atoms with Crippen molar-refractivity contribution in [2.75, 3.05) is 7.11 Å². The van der Waals surface area contributed by atoms with Crippen molar-refractivity contribution in [2.24, 2.45) is 5.11 Å². The maximum atomic E-state index is 10.7. The Hall–Kier alpha value is -2.55. The Morgan fingerprint density at radius 3 is 3.06 bits per heavy atom. The van der Waals surface area contributed by atoms with Crippen LogP contribution in [0.4, 0.5) is 0 Å². The van der Waals surface area contributed by atoms with Crippen LogP contribution in [0.2, 0.25) is 0 Å². The van der Waals surface area contributed by atoms with Gasteiger partial charge >= 0.3 is 5.97 Å². The molecule has 1 N–H and O–H groups in total. The van der Waals surface area contributed by atoms with E-state index >= 15 is 0 Å². The van der Waals surface area contributed by atoms with E-state index < -0.39 is 11.7 Å². The second-order valence-electron chi connectivity index (χ2n) is 3.49. The first kappa shape index (κ1) is 13.5. The van der Waals surface area contributed by atoms with E-state index in [1.807, 2.05) is 0 Å². The van der Waals surface area contributed by atoms with Crippen LogP contribution >= 0.6 is 0 Å². The van der Waals surface area contributed by atoms with Gasteiger partial charge in [-0.15, -0.1) is 0 Å². The summed E-state index contributed by atoms with van der Waals surface area (Å²) in [5, 5.41) is 20.9. The molecule has 0 heterocycles. The lowest BCUT2D eigenvalue weighted by Gasteiger charge is -2.26. The standard InChI is InChI=1S/C11H10N4O3/c1-18-11(14-15-13)4-2-3-8(6-11)5-9(7-12)10(16)17/h2-5H,6H2,1H3,(H,16,17). The number of carboxylic acid groups (broad SMARTS) is 1. The Kier molecular flexibility index (Phi) is 4.27. The molecular formula is C11H10N4O3. The lowest BCUT2D eigenvalue weighted by atomic mass is 9.96. The van der Waals surface area contributed by atoms with E-state index in [4.69, 9.17) is 20.6 Å². The monoisotopic (exact) mass is 246 g/mol. The summed E-state index contributed by atoms with van der Waals surface area (Å²) in [6, 6.07) is 1.58. The van der Waals surface area contributed by atoms with E-state index in [0.717, 1.165) is 0 Å². The number of nitriles is 1. The number of hydrogen-bond acceptors (Lipinski definition) is 4. The van der Waals surface area contributed by atoms with E-state index in [-0.39, 0.29) is 12.0 Å². The topological polar surface area (TPSA) is 119 Å². The first-order chi connectivity index (χ1) is 8.56. The highest BCUT2D eigenvalue weighted by Crippen LogP contribution is 2.29. The summed E-state index contributed by atoms with van der Waals surface area (Å²) in [6.45, 7) is 0. The summed E-state index contributed by atoms with van der Waals surface area (Å²) in [5.41, 5.74) is 7.45.